The van der Waals surface area contributed by atoms with Crippen molar-refractivity contribution < 1.29 is 14.3 Å². The fraction of sp³-hybridized carbons (Fsp3) is 0.538. The molecule has 5 heteroatoms. The summed E-state index contributed by atoms with van der Waals surface area (Å²) >= 11 is 0. The maximum absolute atomic E-state index is 11.9. The van der Waals surface area contributed by atoms with Crippen molar-refractivity contribution in [2.75, 3.05) is 13.2 Å². The average Bonchev–Trinajstić information content (AvgIpc) is 2.87. The summed E-state index contributed by atoms with van der Waals surface area (Å²) in [7, 11) is 0. The van der Waals surface area contributed by atoms with Gasteiger partial charge in [0.25, 0.3) is 0 Å². The minimum Gasteiger partial charge on any atom is -0.467 e. The summed E-state index contributed by atoms with van der Waals surface area (Å²) in [5, 5.41) is 17.3. The molecule has 18 heavy (non-hydrogen) atoms. The molecule has 1 aromatic heterocycles. The number of hydrogen-bond donors (Lipinski definition) is 1. The molecule has 0 fully saturated rings. The van der Waals surface area contributed by atoms with Crippen molar-refractivity contribution in [1.29, 1.82) is 5.26 Å². The van der Waals surface area contributed by atoms with E-state index in [0.29, 0.717) is 44.5 Å². The Bertz CT molecular complexity index is 381. The third-order valence-corrected chi connectivity index (χ3v) is 2.57. The molecule has 98 valence electrons. The number of furan rings is 1. The Morgan fingerprint density at radius 3 is 2.94 bits per heavy atom. The van der Waals surface area contributed by atoms with Crippen LogP contribution >= 0.6 is 0 Å². The second kappa shape index (κ2) is 8.31. The summed E-state index contributed by atoms with van der Waals surface area (Å²) in [6.07, 6.45) is 3.56. The molecular weight excluding hydrogens is 232 g/mol. The number of amides is 1. The molecule has 0 aliphatic carbocycles. The lowest BCUT2D eigenvalue weighted by molar-refractivity contribution is -0.132. The largest absolute Gasteiger partial charge is 0.467 e. The maximum atomic E-state index is 11.9. The van der Waals surface area contributed by atoms with Gasteiger partial charge in [-0.05, 0) is 25.0 Å². The fourth-order valence-electron chi connectivity index (χ4n) is 1.61. The van der Waals surface area contributed by atoms with Crippen molar-refractivity contribution in [3.8, 4) is 6.07 Å². The third-order valence-electron chi connectivity index (χ3n) is 2.57. The number of aliphatic hydroxyl groups excluding tert-OH is 1. The molecule has 1 heterocycles. The van der Waals surface area contributed by atoms with Gasteiger partial charge < -0.3 is 14.4 Å². The predicted molar refractivity (Wildman–Crippen MR) is 65.3 cm³/mol. The van der Waals surface area contributed by atoms with Crippen molar-refractivity contribution in [2.45, 2.75) is 32.2 Å². The van der Waals surface area contributed by atoms with E-state index in [1.54, 1.807) is 23.3 Å². The molecule has 0 bridgehead atoms. The zero-order chi connectivity index (χ0) is 13.2. The molecule has 1 amide bonds. The van der Waals surface area contributed by atoms with Gasteiger partial charge >= 0.3 is 0 Å². The highest BCUT2D eigenvalue weighted by molar-refractivity contribution is 5.76. The fourth-order valence-corrected chi connectivity index (χ4v) is 1.61. The number of carbonyl (C=O) groups excluding carboxylic acids is 1. The van der Waals surface area contributed by atoms with Gasteiger partial charge in [0.05, 0.1) is 25.3 Å². The van der Waals surface area contributed by atoms with Crippen molar-refractivity contribution in [1.82, 2.24) is 4.90 Å². The van der Waals surface area contributed by atoms with Gasteiger partial charge in [-0.1, -0.05) is 0 Å². The molecule has 0 aliphatic rings. The van der Waals surface area contributed by atoms with Gasteiger partial charge in [-0.3, -0.25) is 4.79 Å². The van der Waals surface area contributed by atoms with E-state index in [2.05, 4.69) is 0 Å². The highest BCUT2D eigenvalue weighted by Gasteiger charge is 2.14. The molecule has 0 aliphatic heterocycles. The van der Waals surface area contributed by atoms with Gasteiger partial charge in [-0.25, -0.2) is 0 Å². The Labute approximate surface area is 107 Å². The van der Waals surface area contributed by atoms with Crippen LogP contribution in [0.4, 0.5) is 0 Å². The Balaban J connectivity index is 2.48. The van der Waals surface area contributed by atoms with Crippen LogP contribution < -0.4 is 0 Å². The Morgan fingerprint density at radius 1 is 1.50 bits per heavy atom. The minimum atomic E-state index is -0.00454. The molecular formula is C13H18N2O3. The molecule has 0 spiro atoms. The highest BCUT2D eigenvalue weighted by Crippen LogP contribution is 2.09. The molecule has 0 atom stereocenters. The van der Waals surface area contributed by atoms with Crippen LogP contribution in [0.5, 0.6) is 0 Å². The number of hydrogen-bond acceptors (Lipinski definition) is 4. The van der Waals surface area contributed by atoms with E-state index in [9.17, 15) is 4.79 Å². The second-order valence-electron chi connectivity index (χ2n) is 3.98. The standard InChI is InChI=1S/C13H18N2O3/c14-7-4-8-15(11-12-5-3-10-18-12)13(17)6-1-2-9-16/h3,5,10,16H,1-2,4,6,8-9,11H2. The monoisotopic (exact) mass is 250 g/mol. The zero-order valence-electron chi connectivity index (χ0n) is 10.3. The van der Waals surface area contributed by atoms with Crippen LogP contribution in [0.2, 0.25) is 0 Å². The van der Waals surface area contributed by atoms with Gasteiger partial charge in [0.2, 0.25) is 5.91 Å². The quantitative estimate of drug-likeness (QED) is 0.712. The molecule has 0 aromatic carbocycles. The van der Waals surface area contributed by atoms with Gasteiger partial charge in [-0.15, -0.1) is 0 Å². The first-order chi connectivity index (χ1) is 8.77. The molecule has 0 saturated heterocycles. The van der Waals surface area contributed by atoms with Crippen LogP contribution in [0.3, 0.4) is 0 Å². The summed E-state index contributed by atoms with van der Waals surface area (Å²) in [5.41, 5.74) is 0. The van der Waals surface area contributed by atoms with Crippen LogP contribution in [0, 0.1) is 11.3 Å². The lowest BCUT2D eigenvalue weighted by Gasteiger charge is -2.20. The molecule has 0 unspecified atom stereocenters. The highest BCUT2D eigenvalue weighted by atomic mass is 16.3. The van der Waals surface area contributed by atoms with E-state index in [1.807, 2.05) is 6.07 Å². The van der Waals surface area contributed by atoms with Gasteiger partial charge in [0.15, 0.2) is 0 Å². The van der Waals surface area contributed by atoms with Crippen molar-refractivity contribution >= 4 is 5.91 Å². The summed E-state index contributed by atoms with van der Waals surface area (Å²) < 4.78 is 5.20. The summed E-state index contributed by atoms with van der Waals surface area (Å²) in [6.45, 7) is 0.908. The number of unbranched alkanes of at least 4 members (excludes halogenated alkanes) is 1. The molecule has 0 saturated carbocycles. The van der Waals surface area contributed by atoms with E-state index in [-0.39, 0.29) is 12.5 Å². The Morgan fingerprint density at radius 2 is 2.33 bits per heavy atom. The summed E-state index contributed by atoms with van der Waals surface area (Å²) in [6, 6.07) is 5.61. The first-order valence-corrected chi connectivity index (χ1v) is 6.06. The minimum absolute atomic E-state index is 0.00454. The SMILES string of the molecule is N#CCCN(Cc1ccco1)C(=O)CCCCO. The van der Waals surface area contributed by atoms with Crippen molar-refractivity contribution in [2.24, 2.45) is 0 Å². The number of nitrogens with zero attached hydrogens (tertiary/aromatic N) is 2. The van der Waals surface area contributed by atoms with Gasteiger partial charge in [-0.2, -0.15) is 5.26 Å². The number of aliphatic hydroxyl groups is 1. The summed E-state index contributed by atoms with van der Waals surface area (Å²) in [5.74, 6) is 0.707. The van der Waals surface area contributed by atoms with Crippen LogP contribution in [0.25, 0.3) is 0 Å². The van der Waals surface area contributed by atoms with E-state index in [0.717, 1.165) is 0 Å². The zero-order valence-corrected chi connectivity index (χ0v) is 10.3. The van der Waals surface area contributed by atoms with E-state index < -0.39 is 0 Å². The van der Waals surface area contributed by atoms with Crippen molar-refractivity contribution in [3.63, 3.8) is 0 Å². The van der Waals surface area contributed by atoms with Crippen molar-refractivity contribution in [3.05, 3.63) is 24.2 Å². The van der Waals surface area contributed by atoms with Crippen LogP contribution in [0.15, 0.2) is 22.8 Å². The topological polar surface area (TPSA) is 77.5 Å². The van der Waals surface area contributed by atoms with Crippen LogP contribution in [-0.4, -0.2) is 29.1 Å². The lowest BCUT2D eigenvalue weighted by Crippen LogP contribution is -2.31. The second-order valence-corrected chi connectivity index (χ2v) is 3.98. The number of rotatable bonds is 8. The molecule has 1 rings (SSSR count). The van der Waals surface area contributed by atoms with Gasteiger partial charge in [0, 0.05) is 19.6 Å². The molecule has 5 nitrogen and oxygen atoms in total. The molecule has 1 N–H and O–H groups in total. The smallest absolute Gasteiger partial charge is 0.223 e. The maximum Gasteiger partial charge on any atom is 0.223 e. The first kappa shape index (κ1) is 14.3. The van der Waals surface area contributed by atoms with E-state index in [1.165, 1.54) is 0 Å². The third kappa shape index (κ3) is 5.02. The Hall–Kier alpha value is -1.80. The number of carbonyl (C=O) groups is 1. The molecule has 1 aromatic rings. The lowest BCUT2D eigenvalue weighted by atomic mass is 10.2. The predicted octanol–water partition coefficient (Wildman–Crippen LogP) is 1.68. The van der Waals surface area contributed by atoms with Gasteiger partial charge in [0.1, 0.15) is 5.76 Å². The normalized spacial score (nSPS) is 10.0. The molecule has 0 radical (unpaired) electrons. The average molecular weight is 250 g/mol. The first-order valence-electron chi connectivity index (χ1n) is 6.06. The van der Waals surface area contributed by atoms with Crippen LogP contribution in [-0.2, 0) is 11.3 Å². The number of nitriles is 1. The summed E-state index contributed by atoms with van der Waals surface area (Å²) in [4.78, 5) is 13.6. The Kier molecular flexibility index (Phi) is 6.59. The van der Waals surface area contributed by atoms with Crippen LogP contribution in [0.1, 0.15) is 31.4 Å². The van der Waals surface area contributed by atoms with E-state index in [4.69, 9.17) is 14.8 Å². The van der Waals surface area contributed by atoms with E-state index >= 15 is 0 Å².